The van der Waals surface area contributed by atoms with Crippen LogP contribution in [0.2, 0.25) is 0 Å². The predicted octanol–water partition coefficient (Wildman–Crippen LogP) is 2.97. The Bertz CT molecular complexity index is 555. The number of benzene rings is 1. The van der Waals surface area contributed by atoms with Crippen molar-refractivity contribution >= 4 is 11.6 Å². The van der Waals surface area contributed by atoms with Crippen LogP contribution in [0.15, 0.2) is 36.4 Å². The number of carbonyl (C=O) groups is 1. The Balaban J connectivity index is 1.44. The summed E-state index contributed by atoms with van der Waals surface area (Å²) >= 11 is 0. The third kappa shape index (κ3) is 4.14. The molecule has 2 heterocycles. The van der Waals surface area contributed by atoms with Gasteiger partial charge in [0.1, 0.15) is 0 Å². The minimum atomic E-state index is 0.0778. The third-order valence-electron chi connectivity index (χ3n) is 5.07. The molecule has 3 rings (SSSR count). The van der Waals surface area contributed by atoms with Crippen LogP contribution in [0.5, 0.6) is 0 Å². The highest BCUT2D eigenvalue weighted by Gasteiger charge is 2.21. The van der Waals surface area contributed by atoms with Crippen molar-refractivity contribution in [2.24, 2.45) is 0 Å². The van der Waals surface area contributed by atoms with Crippen LogP contribution in [0.25, 0.3) is 5.57 Å². The summed E-state index contributed by atoms with van der Waals surface area (Å²) in [6.07, 6.45) is 6.72. The van der Waals surface area contributed by atoms with Crippen molar-refractivity contribution in [2.45, 2.75) is 31.7 Å². The van der Waals surface area contributed by atoms with E-state index in [9.17, 15) is 4.79 Å². The zero-order valence-electron chi connectivity index (χ0n) is 14.0. The number of urea groups is 1. The second-order valence-electron chi connectivity index (χ2n) is 6.59. The SMILES string of the molecule is CN1CCCC1CCNC(=O)N1CC=C(c2ccccc2)CC1. The van der Waals surface area contributed by atoms with Gasteiger partial charge in [-0.25, -0.2) is 4.79 Å². The summed E-state index contributed by atoms with van der Waals surface area (Å²) in [5.41, 5.74) is 2.62. The Morgan fingerprint density at radius 2 is 2.09 bits per heavy atom. The number of hydrogen-bond acceptors (Lipinski definition) is 2. The molecular formula is C19H27N3O. The molecule has 0 bridgehead atoms. The second kappa shape index (κ2) is 7.64. The Kier molecular flexibility index (Phi) is 5.34. The molecule has 0 aliphatic carbocycles. The minimum Gasteiger partial charge on any atom is -0.338 e. The summed E-state index contributed by atoms with van der Waals surface area (Å²) in [6, 6.07) is 11.2. The number of nitrogens with one attached hydrogen (secondary N) is 1. The quantitative estimate of drug-likeness (QED) is 0.927. The fourth-order valence-electron chi connectivity index (χ4n) is 3.57. The molecule has 2 amide bonds. The molecule has 1 fully saturated rings. The van der Waals surface area contributed by atoms with E-state index in [2.05, 4.69) is 47.6 Å². The number of hydrogen-bond donors (Lipinski definition) is 1. The van der Waals surface area contributed by atoms with Gasteiger partial charge in [0.15, 0.2) is 0 Å². The van der Waals surface area contributed by atoms with E-state index in [4.69, 9.17) is 0 Å². The highest BCUT2D eigenvalue weighted by Crippen LogP contribution is 2.22. The zero-order valence-corrected chi connectivity index (χ0v) is 14.0. The topological polar surface area (TPSA) is 35.6 Å². The maximum Gasteiger partial charge on any atom is 0.317 e. The van der Waals surface area contributed by atoms with Gasteiger partial charge >= 0.3 is 6.03 Å². The standard InChI is InChI=1S/C19H27N3O/c1-21-13-5-8-18(21)9-12-20-19(23)22-14-10-17(11-15-22)16-6-3-2-4-7-16/h2-4,6-7,10,18H,5,8-9,11-15H2,1H3,(H,20,23). The maximum absolute atomic E-state index is 12.3. The van der Waals surface area contributed by atoms with Crippen molar-refractivity contribution < 1.29 is 4.79 Å². The monoisotopic (exact) mass is 313 g/mol. The van der Waals surface area contributed by atoms with E-state index in [0.717, 1.165) is 25.9 Å². The largest absolute Gasteiger partial charge is 0.338 e. The van der Waals surface area contributed by atoms with Gasteiger partial charge < -0.3 is 15.1 Å². The fraction of sp³-hybridized carbons (Fsp3) is 0.526. The summed E-state index contributed by atoms with van der Waals surface area (Å²) in [6.45, 7) is 3.48. The van der Waals surface area contributed by atoms with Gasteiger partial charge in [-0.1, -0.05) is 36.4 Å². The molecule has 23 heavy (non-hydrogen) atoms. The molecule has 4 nitrogen and oxygen atoms in total. The lowest BCUT2D eigenvalue weighted by Gasteiger charge is -2.27. The lowest BCUT2D eigenvalue weighted by molar-refractivity contribution is 0.201. The molecule has 0 saturated carbocycles. The summed E-state index contributed by atoms with van der Waals surface area (Å²) in [5.74, 6) is 0. The van der Waals surface area contributed by atoms with Gasteiger partial charge in [0, 0.05) is 25.7 Å². The predicted molar refractivity (Wildman–Crippen MR) is 94.3 cm³/mol. The third-order valence-corrected chi connectivity index (χ3v) is 5.07. The molecule has 1 atom stereocenters. The zero-order chi connectivity index (χ0) is 16.1. The molecule has 0 aromatic heterocycles. The number of likely N-dealkylation sites (tertiary alicyclic amines) is 1. The maximum atomic E-state index is 12.3. The first-order valence-electron chi connectivity index (χ1n) is 8.71. The van der Waals surface area contributed by atoms with Crippen LogP contribution in [-0.2, 0) is 0 Å². The average molecular weight is 313 g/mol. The van der Waals surface area contributed by atoms with Gasteiger partial charge in [-0.05, 0) is 50.4 Å². The van der Waals surface area contributed by atoms with E-state index in [1.165, 1.54) is 30.5 Å². The van der Waals surface area contributed by atoms with Gasteiger partial charge in [-0.15, -0.1) is 0 Å². The minimum absolute atomic E-state index is 0.0778. The molecule has 1 saturated heterocycles. The lowest BCUT2D eigenvalue weighted by Crippen LogP contribution is -2.43. The summed E-state index contributed by atoms with van der Waals surface area (Å²) in [7, 11) is 2.18. The fourth-order valence-corrected chi connectivity index (χ4v) is 3.57. The van der Waals surface area contributed by atoms with Gasteiger partial charge in [-0.3, -0.25) is 0 Å². The smallest absolute Gasteiger partial charge is 0.317 e. The first-order chi connectivity index (χ1) is 11.2. The van der Waals surface area contributed by atoms with Crippen LogP contribution in [0.3, 0.4) is 0 Å². The van der Waals surface area contributed by atoms with E-state index in [0.29, 0.717) is 12.6 Å². The first kappa shape index (κ1) is 16.1. The average Bonchev–Trinajstić information content (AvgIpc) is 3.01. The Labute approximate surface area is 139 Å². The van der Waals surface area contributed by atoms with Crippen molar-refractivity contribution in [3.63, 3.8) is 0 Å². The Morgan fingerprint density at radius 3 is 2.74 bits per heavy atom. The summed E-state index contributed by atoms with van der Waals surface area (Å²) in [5, 5.41) is 3.09. The van der Waals surface area contributed by atoms with Crippen molar-refractivity contribution in [3.05, 3.63) is 42.0 Å². The van der Waals surface area contributed by atoms with E-state index in [-0.39, 0.29) is 6.03 Å². The molecule has 1 unspecified atom stereocenters. The lowest BCUT2D eigenvalue weighted by atomic mass is 10.00. The van der Waals surface area contributed by atoms with Crippen LogP contribution in [0, 0.1) is 0 Å². The van der Waals surface area contributed by atoms with Gasteiger partial charge in [-0.2, -0.15) is 0 Å². The highest BCUT2D eigenvalue weighted by atomic mass is 16.2. The van der Waals surface area contributed by atoms with Crippen LogP contribution >= 0.6 is 0 Å². The van der Waals surface area contributed by atoms with Crippen molar-refractivity contribution in [2.75, 3.05) is 33.2 Å². The van der Waals surface area contributed by atoms with Crippen LogP contribution in [0.4, 0.5) is 4.79 Å². The summed E-state index contributed by atoms with van der Waals surface area (Å²) < 4.78 is 0. The molecular weight excluding hydrogens is 286 g/mol. The van der Waals surface area contributed by atoms with Crippen molar-refractivity contribution in [3.8, 4) is 0 Å². The molecule has 1 aromatic carbocycles. The van der Waals surface area contributed by atoms with Crippen molar-refractivity contribution in [1.29, 1.82) is 0 Å². The molecule has 4 heteroatoms. The van der Waals surface area contributed by atoms with E-state index < -0.39 is 0 Å². The molecule has 0 spiro atoms. The molecule has 124 valence electrons. The number of amides is 2. The Hall–Kier alpha value is -1.81. The number of nitrogens with zero attached hydrogens (tertiary/aromatic N) is 2. The number of carbonyl (C=O) groups excluding carboxylic acids is 1. The van der Waals surface area contributed by atoms with E-state index in [1.807, 2.05) is 11.0 Å². The van der Waals surface area contributed by atoms with Gasteiger partial charge in [0.2, 0.25) is 0 Å². The number of rotatable bonds is 4. The molecule has 1 N–H and O–H groups in total. The Morgan fingerprint density at radius 1 is 1.26 bits per heavy atom. The van der Waals surface area contributed by atoms with E-state index >= 15 is 0 Å². The van der Waals surface area contributed by atoms with Crippen LogP contribution in [0.1, 0.15) is 31.2 Å². The second-order valence-corrected chi connectivity index (χ2v) is 6.59. The molecule has 0 radical (unpaired) electrons. The first-order valence-corrected chi connectivity index (χ1v) is 8.71. The van der Waals surface area contributed by atoms with Crippen LogP contribution < -0.4 is 5.32 Å². The van der Waals surface area contributed by atoms with Crippen LogP contribution in [-0.4, -0.2) is 55.1 Å². The molecule has 2 aliphatic heterocycles. The van der Waals surface area contributed by atoms with Gasteiger partial charge in [0.25, 0.3) is 0 Å². The van der Waals surface area contributed by atoms with E-state index in [1.54, 1.807) is 0 Å². The normalized spacial score (nSPS) is 22.0. The molecule has 2 aliphatic rings. The highest BCUT2D eigenvalue weighted by molar-refractivity contribution is 5.76. The molecule has 1 aromatic rings. The van der Waals surface area contributed by atoms with Gasteiger partial charge in [0.05, 0.1) is 0 Å². The van der Waals surface area contributed by atoms with Crippen molar-refractivity contribution in [1.82, 2.24) is 15.1 Å². The summed E-state index contributed by atoms with van der Waals surface area (Å²) in [4.78, 5) is 16.6.